The highest BCUT2D eigenvalue weighted by atomic mass is 16.5. The Kier molecular flexibility index (Phi) is 6.24. The van der Waals surface area contributed by atoms with Crippen molar-refractivity contribution in [3.05, 3.63) is 0 Å². The maximum Gasteiger partial charge on any atom is 0.317 e. The second kappa shape index (κ2) is 8.46. The first-order chi connectivity index (χ1) is 12.9. The van der Waals surface area contributed by atoms with Crippen molar-refractivity contribution < 1.29 is 19.1 Å². The number of nitrogens with zero attached hydrogens (tertiary/aromatic N) is 3. The third-order valence-electron chi connectivity index (χ3n) is 5.75. The topological polar surface area (TPSA) is 82.2 Å². The Morgan fingerprint density at radius 3 is 2.37 bits per heavy atom. The summed E-state index contributed by atoms with van der Waals surface area (Å²) in [6.07, 6.45) is 3.69. The van der Waals surface area contributed by atoms with Crippen LogP contribution in [0.4, 0.5) is 4.79 Å². The molecule has 3 fully saturated rings. The molecule has 0 aliphatic carbocycles. The van der Waals surface area contributed by atoms with E-state index in [1.54, 1.807) is 9.80 Å². The van der Waals surface area contributed by atoms with E-state index in [0.29, 0.717) is 45.5 Å². The summed E-state index contributed by atoms with van der Waals surface area (Å²) < 4.78 is 6.10. The molecule has 0 aromatic heterocycles. The van der Waals surface area contributed by atoms with Crippen molar-refractivity contribution in [2.45, 2.75) is 57.6 Å². The summed E-state index contributed by atoms with van der Waals surface area (Å²) in [7, 11) is 0. The molecule has 152 valence electrons. The number of urea groups is 1. The highest BCUT2D eigenvalue weighted by Gasteiger charge is 2.42. The van der Waals surface area contributed by atoms with Gasteiger partial charge in [0, 0.05) is 38.8 Å². The molecular weight excluding hydrogens is 348 g/mol. The molecule has 0 atom stereocenters. The number of likely N-dealkylation sites (tertiary alicyclic amines) is 2. The van der Waals surface area contributed by atoms with Crippen molar-refractivity contribution in [2.75, 3.05) is 45.9 Å². The van der Waals surface area contributed by atoms with Gasteiger partial charge in [-0.3, -0.25) is 9.59 Å². The number of carbonyl (C=O) groups is 3. The zero-order valence-corrected chi connectivity index (χ0v) is 16.5. The first-order valence-electron chi connectivity index (χ1n) is 10.1. The Morgan fingerprint density at radius 2 is 1.74 bits per heavy atom. The van der Waals surface area contributed by atoms with Gasteiger partial charge in [0.05, 0.1) is 25.2 Å². The number of hydrogen-bond acceptors (Lipinski definition) is 4. The molecule has 0 aromatic rings. The van der Waals surface area contributed by atoms with Crippen molar-refractivity contribution >= 4 is 17.8 Å². The number of carbonyl (C=O) groups excluding carboxylic acids is 3. The van der Waals surface area contributed by atoms with Crippen molar-refractivity contribution in [1.29, 1.82) is 0 Å². The van der Waals surface area contributed by atoms with E-state index >= 15 is 0 Å². The minimum atomic E-state index is -0.503. The average molecular weight is 380 g/mol. The van der Waals surface area contributed by atoms with E-state index < -0.39 is 5.60 Å². The molecule has 0 radical (unpaired) electrons. The lowest BCUT2D eigenvalue weighted by atomic mass is 9.87. The Morgan fingerprint density at radius 1 is 1.07 bits per heavy atom. The van der Waals surface area contributed by atoms with Gasteiger partial charge in [0.2, 0.25) is 11.8 Å². The van der Waals surface area contributed by atoms with Crippen molar-refractivity contribution in [1.82, 2.24) is 20.0 Å². The maximum atomic E-state index is 12.8. The predicted molar refractivity (Wildman–Crippen MR) is 100 cm³/mol. The fourth-order valence-corrected chi connectivity index (χ4v) is 4.11. The number of amides is 4. The standard InChI is InChI=1S/C19H32N4O4/c1-15(2)20-18(26)22-9-5-19(6-10-22)13-16(24)23(11-12-27-19)14-17(25)21-7-3-4-8-21/h15H,3-14H2,1-2H3,(H,20,26). The van der Waals surface area contributed by atoms with Gasteiger partial charge in [-0.05, 0) is 39.5 Å². The van der Waals surface area contributed by atoms with E-state index in [-0.39, 0.29) is 30.4 Å². The van der Waals surface area contributed by atoms with Gasteiger partial charge in [-0.25, -0.2) is 4.79 Å². The van der Waals surface area contributed by atoms with Crippen molar-refractivity contribution in [3.8, 4) is 0 Å². The molecule has 3 rings (SSSR count). The Hall–Kier alpha value is -1.83. The molecule has 3 saturated heterocycles. The molecule has 8 nitrogen and oxygen atoms in total. The summed E-state index contributed by atoms with van der Waals surface area (Å²) in [5.74, 6) is 0.0251. The molecule has 3 heterocycles. The van der Waals surface area contributed by atoms with Gasteiger partial charge in [-0.2, -0.15) is 0 Å². The summed E-state index contributed by atoms with van der Waals surface area (Å²) in [6, 6.07) is 0.0448. The fraction of sp³-hybridized carbons (Fsp3) is 0.842. The lowest BCUT2D eigenvalue weighted by molar-refractivity contribution is -0.141. The number of nitrogens with one attached hydrogen (secondary N) is 1. The van der Waals surface area contributed by atoms with Gasteiger partial charge in [-0.1, -0.05) is 0 Å². The quantitative estimate of drug-likeness (QED) is 0.786. The lowest BCUT2D eigenvalue weighted by Crippen LogP contribution is -2.52. The fourth-order valence-electron chi connectivity index (χ4n) is 4.11. The van der Waals surface area contributed by atoms with Crippen LogP contribution in [-0.2, 0) is 14.3 Å². The molecule has 1 spiro atoms. The summed E-state index contributed by atoms with van der Waals surface area (Å²) >= 11 is 0. The molecule has 27 heavy (non-hydrogen) atoms. The minimum absolute atomic E-state index is 0.0138. The normalized spacial score (nSPS) is 23.1. The van der Waals surface area contributed by atoms with Crippen LogP contribution in [0.2, 0.25) is 0 Å². The molecule has 0 bridgehead atoms. The smallest absolute Gasteiger partial charge is 0.317 e. The lowest BCUT2D eigenvalue weighted by Gasteiger charge is -2.40. The van der Waals surface area contributed by atoms with Crippen molar-refractivity contribution in [2.24, 2.45) is 0 Å². The highest BCUT2D eigenvalue weighted by Crippen LogP contribution is 2.32. The number of ether oxygens (including phenoxy) is 1. The number of hydrogen-bond donors (Lipinski definition) is 1. The molecule has 4 amide bonds. The van der Waals surface area contributed by atoms with E-state index in [9.17, 15) is 14.4 Å². The molecule has 0 saturated carbocycles. The first-order valence-corrected chi connectivity index (χ1v) is 10.1. The van der Waals surface area contributed by atoms with Gasteiger partial charge in [0.1, 0.15) is 0 Å². The van der Waals surface area contributed by atoms with Crippen LogP contribution in [-0.4, -0.2) is 90.1 Å². The van der Waals surface area contributed by atoms with Gasteiger partial charge in [-0.15, -0.1) is 0 Å². The summed E-state index contributed by atoms with van der Waals surface area (Å²) in [6.45, 7) is 7.70. The molecule has 3 aliphatic heterocycles. The summed E-state index contributed by atoms with van der Waals surface area (Å²) in [5, 5.41) is 2.91. The third kappa shape index (κ3) is 4.91. The van der Waals surface area contributed by atoms with Crippen LogP contribution in [0.5, 0.6) is 0 Å². The van der Waals surface area contributed by atoms with Gasteiger partial charge >= 0.3 is 6.03 Å². The largest absolute Gasteiger partial charge is 0.372 e. The van der Waals surface area contributed by atoms with Crippen LogP contribution in [0.15, 0.2) is 0 Å². The van der Waals surface area contributed by atoms with Gasteiger partial charge in [0.15, 0.2) is 0 Å². The SMILES string of the molecule is CC(C)NC(=O)N1CCC2(CC1)CC(=O)N(CC(=O)N1CCCC1)CCO2. The zero-order chi connectivity index (χ0) is 19.4. The van der Waals surface area contributed by atoms with Gasteiger partial charge in [0.25, 0.3) is 0 Å². The predicted octanol–water partition coefficient (Wildman–Crippen LogP) is 0.810. The molecule has 1 N–H and O–H groups in total. The Balaban J connectivity index is 1.53. The number of rotatable bonds is 3. The Bertz CT molecular complexity index is 566. The molecule has 0 aromatic carbocycles. The van der Waals surface area contributed by atoms with E-state index in [1.165, 1.54) is 0 Å². The molecular formula is C19H32N4O4. The van der Waals surface area contributed by atoms with E-state index in [1.807, 2.05) is 18.7 Å². The van der Waals surface area contributed by atoms with Crippen LogP contribution in [0.3, 0.4) is 0 Å². The van der Waals surface area contributed by atoms with Crippen LogP contribution in [0.1, 0.15) is 46.0 Å². The highest BCUT2D eigenvalue weighted by molar-refractivity contribution is 5.85. The Labute approximate surface area is 161 Å². The van der Waals surface area contributed by atoms with E-state index in [2.05, 4.69) is 5.32 Å². The average Bonchev–Trinajstić information content (AvgIpc) is 3.11. The van der Waals surface area contributed by atoms with Gasteiger partial charge < -0.3 is 24.8 Å². The summed E-state index contributed by atoms with van der Waals surface area (Å²) in [5.41, 5.74) is -0.503. The minimum Gasteiger partial charge on any atom is -0.372 e. The monoisotopic (exact) mass is 380 g/mol. The van der Waals surface area contributed by atoms with E-state index in [4.69, 9.17) is 4.74 Å². The van der Waals surface area contributed by atoms with Crippen LogP contribution >= 0.6 is 0 Å². The second-order valence-electron chi connectivity index (χ2n) is 8.20. The third-order valence-corrected chi connectivity index (χ3v) is 5.75. The molecule has 8 heteroatoms. The van der Waals surface area contributed by atoms with E-state index in [0.717, 1.165) is 25.9 Å². The van der Waals surface area contributed by atoms with Crippen LogP contribution in [0.25, 0.3) is 0 Å². The van der Waals surface area contributed by atoms with Crippen LogP contribution < -0.4 is 5.32 Å². The zero-order valence-electron chi connectivity index (χ0n) is 16.5. The maximum absolute atomic E-state index is 12.8. The second-order valence-corrected chi connectivity index (χ2v) is 8.20. The van der Waals surface area contributed by atoms with Crippen molar-refractivity contribution in [3.63, 3.8) is 0 Å². The molecule has 0 unspecified atom stereocenters. The summed E-state index contributed by atoms with van der Waals surface area (Å²) in [4.78, 5) is 42.6. The molecule has 3 aliphatic rings. The van der Waals surface area contributed by atoms with Crippen LogP contribution in [0, 0.1) is 0 Å². The number of piperidine rings is 1. The first kappa shape index (κ1) is 19.9.